The first-order valence-corrected chi connectivity index (χ1v) is 18.2. The molecule has 1 saturated carbocycles. The van der Waals surface area contributed by atoms with Crippen LogP contribution in [-0.2, 0) is 50.5 Å². The van der Waals surface area contributed by atoms with Crippen molar-refractivity contribution in [2.24, 2.45) is 5.41 Å². The largest absolute Gasteiger partial charge is 0.499 e. The van der Waals surface area contributed by atoms with Gasteiger partial charge in [-0.25, -0.2) is 0 Å². The van der Waals surface area contributed by atoms with Crippen molar-refractivity contribution in [1.82, 2.24) is 15.3 Å². The van der Waals surface area contributed by atoms with E-state index < -0.39 is 53.7 Å². The maximum absolute atomic E-state index is 15.3. The third-order valence-corrected chi connectivity index (χ3v) is 11.0. The van der Waals surface area contributed by atoms with E-state index in [1.165, 1.54) is 6.26 Å². The van der Waals surface area contributed by atoms with Gasteiger partial charge >= 0.3 is 5.97 Å². The molecule has 3 aromatic carbocycles. The number of hydrogen-bond donors (Lipinski definition) is 3. The first-order valence-electron chi connectivity index (χ1n) is 18.2. The van der Waals surface area contributed by atoms with Crippen molar-refractivity contribution in [1.29, 1.82) is 0 Å². The van der Waals surface area contributed by atoms with Crippen LogP contribution in [-0.4, -0.2) is 107 Å². The van der Waals surface area contributed by atoms with Gasteiger partial charge in [0.2, 0.25) is 17.6 Å². The highest BCUT2D eigenvalue weighted by atomic mass is 16.8. The summed E-state index contributed by atoms with van der Waals surface area (Å²) in [7, 11) is 0. The van der Waals surface area contributed by atoms with Crippen molar-refractivity contribution < 1.29 is 48.4 Å². The summed E-state index contributed by atoms with van der Waals surface area (Å²) in [5, 5.41) is 22.6. The molecule has 4 heterocycles. The number of aliphatic hydroxyl groups is 2. The molecule has 13 nitrogen and oxygen atoms in total. The number of rotatable bonds is 12. The predicted molar refractivity (Wildman–Crippen MR) is 188 cm³/mol. The SMILES string of the molecule is O=C(NCCO)C1CCCN1C(=O)C12CC3OC(=O)C1N(Cc1ccc(C=COCCO)cc1)OC2C1OC(c2ccccc2)(c2ccccc2)OC31. The molecule has 7 atom stereocenters. The zero-order chi connectivity index (χ0) is 36.6. The fourth-order valence-electron chi connectivity index (χ4n) is 8.68. The Morgan fingerprint density at radius 3 is 2.30 bits per heavy atom. The second kappa shape index (κ2) is 14.7. The van der Waals surface area contributed by atoms with Crippen LogP contribution in [0.25, 0.3) is 6.08 Å². The Morgan fingerprint density at radius 1 is 0.925 bits per heavy atom. The van der Waals surface area contributed by atoms with E-state index >= 15 is 4.79 Å². The van der Waals surface area contributed by atoms with Crippen molar-refractivity contribution in [3.8, 4) is 0 Å². The Balaban J connectivity index is 1.18. The molecular weight excluding hydrogens is 682 g/mol. The summed E-state index contributed by atoms with van der Waals surface area (Å²) in [6.45, 7) is 0.443. The number of amides is 2. The van der Waals surface area contributed by atoms with Crippen molar-refractivity contribution in [2.45, 2.75) is 68.1 Å². The zero-order valence-electron chi connectivity index (χ0n) is 29.1. The van der Waals surface area contributed by atoms with E-state index in [-0.39, 0.29) is 51.1 Å². The lowest BCUT2D eigenvalue weighted by molar-refractivity contribution is -0.214. The minimum absolute atomic E-state index is 0.0687. The summed E-state index contributed by atoms with van der Waals surface area (Å²) < 4.78 is 25.5. The van der Waals surface area contributed by atoms with Crippen LogP contribution in [0.4, 0.5) is 0 Å². The predicted octanol–water partition coefficient (Wildman–Crippen LogP) is 2.25. The molecule has 53 heavy (non-hydrogen) atoms. The molecule has 5 aliphatic rings. The van der Waals surface area contributed by atoms with E-state index in [9.17, 15) is 14.7 Å². The molecule has 2 amide bonds. The average Bonchev–Trinajstić information content (AvgIpc) is 3.93. The summed E-state index contributed by atoms with van der Waals surface area (Å²) in [5.74, 6) is -2.70. The fourth-order valence-corrected chi connectivity index (χ4v) is 8.68. The lowest BCUT2D eigenvalue weighted by atomic mass is 9.62. The van der Waals surface area contributed by atoms with E-state index in [4.69, 9.17) is 28.9 Å². The van der Waals surface area contributed by atoms with Gasteiger partial charge in [-0.15, -0.1) is 0 Å². The zero-order valence-corrected chi connectivity index (χ0v) is 29.1. The van der Waals surface area contributed by atoms with Crippen LogP contribution in [0.1, 0.15) is 41.5 Å². The van der Waals surface area contributed by atoms with Crippen LogP contribution >= 0.6 is 0 Å². The molecule has 278 valence electrons. The van der Waals surface area contributed by atoms with Gasteiger partial charge in [0, 0.05) is 30.6 Å². The quantitative estimate of drug-likeness (QED) is 0.143. The van der Waals surface area contributed by atoms with Crippen LogP contribution in [0.2, 0.25) is 0 Å². The number of fused-ring (bicyclic) bond motifs is 4. The third-order valence-electron chi connectivity index (χ3n) is 11.0. The number of esters is 1. The molecule has 2 bridgehead atoms. The van der Waals surface area contributed by atoms with Gasteiger partial charge in [0.15, 0.2) is 6.04 Å². The maximum Gasteiger partial charge on any atom is 0.327 e. The van der Waals surface area contributed by atoms with Crippen molar-refractivity contribution in [3.63, 3.8) is 0 Å². The van der Waals surface area contributed by atoms with Gasteiger partial charge in [-0.05, 0) is 30.0 Å². The number of benzene rings is 3. The van der Waals surface area contributed by atoms with E-state index in [0.29, 0.717) is 19.4 Å². The van der Waals surface area contributed by atoms with Gasteiger partial charge in [-0.2, -0.15) is 5.06 Å². The Morgan fingerprint density at radius 2 is 1.62 bits per heavy atom. The van der Waals surface area contributed by atoms with Crippen LogP contribution < -0.4 is 5.32 Å². The topological polar surface area (TPSA) is 156 Å². The van der Waals surface area contributed by atoms with Crippen molar-refractivity contribution >= 4 is 23.9 Å². The van der Waals surface area contributed by atoms with Gasteiger partial charge < -0.3 is 39.4 Å². The number of nitrogens with zero attached hydrogens (tertiary/aromatic N) is 2. The lowest BCUT2D eigenvalue weighted by Gasteiger charge is -2.50. The van der Waals surface area contributed by atoms with Gasteiger partial charge in [0.25, 0.3) is 0 Å². The van der Waals surface area contributed by atoms with E-state index in [0.717, 1.165) is 22.3 Å². The number of hydrogen-bond acceptors (Lipinski definition) is 11. The highest BCUT2D eigenvalue weighted by molar-refractivity contribution is 5.96. The number of carbonyl (C=O) groups excluding carboxylic acids is 3. The fraction of sp³-hybridized carbons (Fsp3) is 0.425. The smallest absolute Gasteiger partial charge is 0.327 e. The molecule has 1 aliphatic carbocycles. The number of likely N-dealkylation sites (tertiary alicyclic amines) is 1. The normalized spacial score (nSPS) is 29.9. The first-order chi connectivity index (χ1) is 25.9. The Hall–Kier alpha value is -4.63. The summed E-state index contributed by atoms with van der Waals surface area (Å²) >= 11 is 0. The molecule has 0 spiro atoms. The molecule has 3 aromatic rings. The summed E-state index contributed by atoms with van der Waals surface area (Å²) in [4.78, 5) is 51.3. The minimum atomic E-state index is -1.46. The lowest BCUT2D eigenvalue weighted by Crippen LogP contribution is -2.70. The van der Waals surface area contributed by atoms with Crippen molar-refractivity contribution in [2.75, 3.05) is 32.9 Å². The number of ether oxygens (including phenoxy) is 4. The number of aliphatic hydroxyl groups excluding tert-OH is 2. The monoisotopic (exact) mass is 725 g/mol. The van der Waals surface area contributed by atoms with Gasteiger partial charge in [-0.3, -0.25) is 19.2 Å². The molecule has 8 rings (SSSR count). The standard InChI is InChI=1S/C40H43N3O10/c44-20-18-41-36(46)30-12-7-19-42(30)38(48)39-24-31-32-33(52-40(51-32,28-8-3-1-4-9-28)29-10-5-2-6-11-29)35(39)53-43(34(39)37(47)50-31)25-27-15-13-26(14-16-27)17-22-49-23-21-45/h1-6,8-11,13-17,22,30-35,44-45H,7,12,18-21,23-25H2,(H,41,46). The molecule has 3 N–H and O–H groups in total. The summed E-state index contributed by atoms with van der Waals surface area (Å²) in [6, 6.07) is 24.8. The van der Waals surface area contributed by atoms with Gasteiger partial charge in [0.05, 0.1) is 26.0 Å². The number of nitrogens with one attached hydrogen (secondary N) is 1. The molecule has 13 heteroatoms. The highest BCUT2D eigenvalue weighted by Crippen LogP contribution is 2.60. The molecule has 0 aromatic heterocycles. The molecule has 7 unspecified atom stereocenters. The van der Waals surface area contributed by atoms with Gasteiger partial charge in [0.1, 0.15) is 42.5 Å². The summed E-state index contributed by atoms with van der Waals surface area (Å²) in [5.41, 5.74) is 1.71. The number of carbonyl (C=O) groups is 3. The van der Waals surface area contributed by atoms with Crippen LogP contribution in [0, 0.1) is 5.41 Å². The van der Waals surface area contributed by atoms with E-state index in [1.54, 1.807) is 16.0 Å². The maximum atomic E-state index is 15.3. The highest BCUT2D eigenvalue weighted by Gasteiger charge is 2.77. The Kier molecular flexibility index (Phi) is 9.79. The van der Waals surface area contributed by atoms with E-state index in [2.05, 4.69) is 5.32 Å². The van der Waals surface area contributed by atoms with Gasteiger partial charge in [-0.1, -0.05) is 84.9 Å². The molecule has 5 fully saturated rings. The Labute approximate surface area is 307 Å². The molecule has 4 saturated heterocycles. The molecule has 4 aliphatic heterocycles. The van der Waals surface area contributed by atoms with Crippen LogP contribution in [0.15, 0.2) is 91.2 Å². The molecule has 0 radical (unpaired) electrons. The summed E-state index contributed by atoms with van der Waals surface area (Å²) in [6.07, 6.45) is 1.07. The van der Waals surface area contributed by atoms with Crippen LogP contribution in [0.3, 0.4) is 0 Å². The second-order valence-electron chi connectivity index (χ2n) is 14.0. The van der Waals surface area contributed by atoms with E-state index in [1.807, 2.05) is 84.9 Å². The van der Waals surface area contributed by atoms with Crippen molar-refractivity contribution in [3.05, 3.63) is 113 Å². The third kappa shape index (κ3) is 6.11. The average molecular weight is 726 g/mol. The van der Waals surface area contributed by atoms with Crippen LogP contribution in [0.5, 0.6) is 0 Å². The first kappa shape index (κ1) is 35.4. The minimum Gasteiger partial charge on any atom is -0.499 e. The Bertz CT molecular complexity index is 1790. The molecular formula is C40H43N3O10. The number of hydroxylamine groups is 2. The second-order valence-corrected chi connectivity index (χ2v) is 14.0.